The van der Waals surface area contributed by atoms with Gasteiger partial charge in [0.15, 0.2) is 5.11 Å². The van der Waals surface area contributed by atoms with Crippen LogP contribution in [0.4, 0.5) is 5.82 Å². The predicted molar refractivity (Wildman–Crippen MR) is 105 cm³/mol. The minimum Gasteiger partial charge on any atom is -0.497 e. The van der Waals surface area contributed by atoms with Gasteiger partial charge in [-0.2, -0.15) is 5.26 Å². The summed E-state index contributed by atoms with van der Waals surface area (Å²) in [6.07, 6.45) is 1.90. The van der Waals surface area contributed by atoms with Gasteiger partial charge < -0.3 is 20.7 Å². The number of nitriles is 1. The third-order valence-corrected chi connectivity index (χ3v) is 3.90. The molecule has 6 nitrogen and oxygen atoms in total. The monoisotopic (exact) mass is 357 g/mol. The molecule has 0 radical (unpaired) electrons. The Kier molecular flexibility index (Phi) is 7.23. The molecule has 7 heteroatoms. The first kappa shape index (κ1) is 18.7. The molecule has 1 aromatic carbocycles. The minimum absolute atomic E-state index is 0.522. The molecule has 2 rings (SSSR count). The number of fused-ring (bicyclic) bond motifs is 1. The van der Waals surface area contributed by atoms with Crippen molar-refractivity contribution in [3.8, 4) is 11.8 Å². The molecule has 0 amide bonds. The lowest BCUT2D eigenvalue weighted by Gasteiger charge is -2.11. The Morgan fingerprint density at radius 3 is 2.76 bits per heavy atom. The molecule has 0 aliphatic heterocycles. The van der Waals surface area contributed by atoms with E-state index in [2.05, 4.69) is 33.9 Å². The molecule has 132 valence electrons. The lowest BCUT2D eigenvalue weighted by Crippen LogP contribution is -2.36. The Morgan fingerprint density at radius 2 is 2.04 bits per heavy atom. The zero-order valence-electron chi connectivity index (χ0n) is 14.6. The molecular formula is C18H23N5OS. The Bertz CT molecular complexity index is 772. The van der Waals surface area contributed by atoms with Crippen molar-refractivity contribution in [3.63, 3.8) is 0 Å². The summed E-state index contributed by atoms with van der Waals surface area (Å²) >= 11 is 5.17. The topological polar surface area (TPSA) is 82.0 Å². The summed E-state index contributed by atoms with van der Waals surface area (Å²) < 4.78 is 5.21. The number of nitrogens with one attached hydrogen (secondary N) is 3. The zero-order valence-corrected chi connectivity index (χ0v) is 15.4. The van der Waals surface area contributed by atoms with E-state index in [0.717, 1.165) is 42.6 Å². The van der Waals surface area contributed by atoms with Crippen LogP contribution in [0, 0.1) is 11.3 Å². The Hall–Kier alpha value is -2.59. The highest BCUT2D eigenvalue weighted by atomic mass is 32.1. The molecular weight excluding hydrogens is 334 g/mol. The van der Waals surface area contributed by atoms with Crippen molar-refractivity contribution in [2.24, 2.45) is 0 Å². The average molecular weight is 357 g/mol. The molecule has 25 heavy (non-hydrogen) atoms. The van der Waals surface area contributed by atoms with Crippen molar-refractivity contribution in [2.75, 3.05) is 32.1 Å². The van der Waals surface area contributed by atoms with Crippen LogP contribution in [0.3, 0.4) is 0 Å². The van der Waals surface area contributed by atoms with Gasteiger partial charge in [0, 0.05) is 25.0 Å². The Morgan fingerprint density at radius 1 is 1.24 bits per heavy atom. The number of aromatic nitrogens is 1. The number of hydrogen-bond acceptors (Lipinski definition) is 5. The lowest BCUT2D eigenvalue weighted by molar-refractivity contribution is 0.415. The molecule has 0 unspecified atom stereocenters. The maximum atomic E-state index is 9.36. The summed E-state index contributed by atoms with van der Waals surface area (Å²) in [5.74, 6) is 1.35. The SMILES string of the molecule is CCCNC(=S)NCCCNc1nc2ccc(OC)cc2cc1C#N. The second-order valence-corrected chi connectivity index (χ2v) is 5.93. The van der Waals surface area contributed by atoms with E-state index < -0.39 is 0 Å². The number of pyridine rings is 1. The van der Waals surface area contributed by atoms with Crippen LogP contribution in [0.15, 0.2) is 24.3 Å². The highest BCUT2D eigenvalue weighted by Crippen LogP contribution is 2.23. The summed E-state index contributed by atoms with van der Waals surface area (Å²) in [4.78, 5) is 4.55. The standard InChI is InChI=1S/C18H23N5OS/c1-3-7-21-18(25)22-9-4-8-20-17-14(12-19)10-13-11-15(24-2)5-6-16(13)23-17/h5-6,10-11H,3-4,7-9H2,1-2H3,(H,20,23)(H2,21,22,25). The van der Waals surface area contributed by atoms with Crippen LogP contribution in [0.2, 0.25) is 0 Å². The third kappa shape index (κ3) is 5.47. The maximum absolute atomic E-state index is 9.36. The van der Waals surface area contributed by atoms with E-state index >= 15 is 0 Å². The largest absolute Gasteiger partial charge is 0.497 e. The van der Waals surface area contributed by atoms with E-state index in [1.807, 2.05) is 24.3 Å². The molecule has 1 heterocycles. The second kappa shape index (κ2) is 9.64. The van der Waals surface area contributed by atoms with Crippen LogP contribution in [-0.4, -0.2) is 36.8 Å². The molecule has 0 aliphatic rings. The summed E-state index contributed by atoms with van der Waals surface area (Å²) in [6.45, 7) is 4.43. The van der Waals surface area contributed by atoms with Crippen molar-refractivity contribution in [1.29, 1.82) is 5.26 Å². The van der Waals surface area contributed by atoms with Gasteiger partial charge in [-0.25, -0.2) is 4.98 Å². The first-order chi connectivity index (χ1) is 12.2. The number of methoxy groups -OCH3 is 1. The highest BCUT2D eigenvalue weighted by Gasteiger charge is 2.07. The fourth-order valence-electron chi connectivity index (χ4n) is 2.30. The van der Waals surface area contributed by atoms with Gasteiger partial charge in [0.25, 0.3) is 0 Å². The number of nitrogens with zero attached hydrogens (tertiary/aromatic N) is 2. The second-order valence-electron chi connectivity index (χ2n) is 5.52. The van der Waals surface area contributed by atoms with Crippen molar-refractivity contribution >= 4 is 34.1 Å². The molecule has 0 saturated heterocycles. The number of anilines is 1. The van der Waals surface area contributed by atoms with Crippen molar-refractivity contribution in [3.05, 3.63) is 29.8 Å². The highest BCUT2D eigenvalue weighted by molar-refractivity contribution is 7.80. The summed E-state index contributed by atoms with van der Waals surface area (Å²) in [7, 11) is 1.62. The fraction of sp³-hybridized carbons (Fsp3) is 0.389. The molecule has 0 spiro atoms. The number of rotatable bonds is 8. The van der Waals surface area contributed by atoms with Gasteiger partial charge in [-0.05, 0) is 49.3 Å². The Labute approximate surface area is 153 Å². The molecule has 0 aliphatic carbocycles. The van der Waals surface area contributed by atoms with Crippen molar-refractivity contribution in [1.82, 2.24) is 15.6 Å². The zero-order chi connectivity index (χ0) is 18.1. The van der Waals surface area contributed by atoms with Gasteiger partial charge >= 0.3 is 0 Å². The quantitative estimate of drug-likeness (QED) is 0.495. The van der Waals surface area contributed by atoms with Crippen LogP contribution in [-0.2, 0) is 0 Å². The van der Waals surface area contributed by atoms with Gasteiger partial charge in [-0.15, -0.1) is 0 Å². The molecule has 0 bridgehead atoms. The van der Waals surface area contributed by atoms with Crippen molar-refractivity contribution < 1.29 is 4.74 Å². The number of benzene rings is 1. The Balaban J connectivity index is 1.92. The fourth-order valence-corrected chi connectivity index (χ4v) is 2.50. The van der Waals surface area contributed by atoms with E-state index in [9.17, 15) is 5.26 Å². The maximum Gasteiger partial charge on any atom is 0.166 e. The summed E-state index contributed by atoms with van der Waals surface area (Å²) in [5.41, 5.74) is 1.35. The van der Waals surface area contributed by atoms with Gasteiger partial charge in [-0.1, -0.05) is 6.92 Å². The van der Waals surface area contributed by atoms with E-state index in [4.69, 9.17) is 17.0 Å². The van der Waals surface area contributed by atoms with Crippen LogP contribution < -0.4 is 20.7 Å². The van der Waals surface area contributed by atoms with Gasteiger partial charge in [0.1, 0.15) is 17.6 Å². The smallest absolute Gasteiger partial charge is 0.166 e. The minimum atomic E-state index is 0.522. The summed E-state index contributed by atoms with van der Waals surface area (Å²) in [6, 6.07) is 9.65. The lowest BCUT2D eigenvalue weighted by atomic mass is 10.1. The molecule has 3 N–H and O–H groups in total. The number of hydrogen-bond donors (Lipinski definition) is 3. The molecule has 0 saturated carbocycles. The van der Waals surface area contributed by atoms with Crippen LogP contribution >= 0.6 is 12.2 Å². The summed E-state index contributed by atoms with van der Waals surface area (Å²) in [5, 5.41) is 20.4. The van der Waals surface area contributed by atoms with E-state index in [0.29, 0.717) is 23.0 Å². The van der Waals surface area contributed by atoms with Crippen LogP contribution in [0.25, 0.3) is 10.9 Å². The molecule has 0 fully saturated rings. The number of thiocarbonyl (C=S) groups is 1. The van der Waals surface area contributed by atoms with Gasteiger partial charge in [0.05, 0.1) is 18.2 Å². The molecule has 0 atom stereocenters. The van der Waals surface area contributed by atoms with E-state index in [-0.39, 0.29) is 0 Å². The normalized spacial score (nSPS) is 10.1. The average Bonchev–Trinajstić information content (AvgIpc) is 2.64. The predicted octanol–water partition coefficient (Wildman–Crippen LogP) is 2.79. The van der Waals surface area contributed by atoms with E-state index in [1.165, 1.54) is 0 Å². The van der Waals surface area contributed by atoms with Crippen LogP contribution in [0.5, 0.6) is 5.75 Å². The van der Waals surface area contributed by atoms with Gasteiger partial charge in [-0.3, -0.25) is 0 Å². The molecule has 2 aromatic rings. The molecule has 1 aromatic heterocycles. The van der Waals surface area contributed by atoms with Crippen LogP contribution in [0.1, 0.15) is 25.3 Å². The van der Waals surface area contributed by atoms with E-state index in [1.54, 1.807) is 7.11 Å². The number of ether oxygens (including phenoxy) is 1. The third-order valence-electron chi connectivity index (χ3n) is 3.61. The van der Waals surface area contributed by atoms with Gasteiger partial charge in [0.2, 0.25) is 0 Å². The first-order valence-electron chi connectivity index (χ1n) is 8.32. The first-order valence-corrected chi connectivity index (χ1v) is 8.73. The van der Waals surface area contributed by atoms with Crippen molar-refractivity contribution in [2.45, 2.75) is 19.8 Å².